The number of rotatable bonds is 1. The number of aryl methyl sites for hydroxylation is 3. The highest BCUT2D eigenvalue weighted by Crippen LogP contribution is 2.29. The lowest BCUT2D eigenvalue weighted by molar-refractivity contribution is 0.750. The first kappa shape index (κ1) is 12.5. The van der Waals surface area contributed by atoms with E-state index in [4.69, 9.17) is 0 Å². The van der Waals surface area contributed by atoms with Gasteiger partial charge < -0.3 is 5.32 Å². The van der Waals surface area contributed by atoms with Crippen molar-refractivity contribution in [1.82, 2.24) is 5.32 Å². The molecule has 1 N–H and O–H groups in total. The summed E-state index contributed by atoms with van der Waals surface area (Å²) in [6.45, 7) is 9.00. The fraction of sp³-hybridized carbons (Fsp3) is 0.538. The van der Waals surface area contributed by atoms with Crippen molar-refractivity contribution in [2.45, 2.75) is 33.1 Å². The largest absolute Gasteiger partial charge is 0.316 e. The van der Waals surface area contributed by atoms with Crippen LogP contribution in [0.5, 0.6) is 0 Å². The van der Waals surface area contributed by atoms with Crippen LogP contribution in [0.15, 0.2) is 12.1 Å². The second-order valence-electron chi connectivity index (χ2n) is 4.50. The molecule has 1 atom stereocenters. The second-order valence-corrected chi connectivity index (χ2v) is 4.50. The van der Waals surface area contributed by atoms with Gasteiger partial charge in [0.25, 0.3) is 0 Å². The topological polar surface area (TPSA) is 12.0 Å². The average Bonchev–Trinajstić information content (AvgIpc) is 2.54. The molecule has 1 aromatic rings. The Labute approximate surface area is 98.7 Å². The molecule has 15 heavy (non-hydrogen) atoms. The third kappa shape index (κ3) is 2.53. The monoisotopic (exact) mass is 225 g/mol. The van der Waals surface area contributed by atoms with E-state index in [1.165, 1.54) is 29.7 Å². The summed E-state index contributed by atoms with van der Waals surface area (Å²) in [5.41, 5.74) is 5.91. The molecule has 1 saturated heterocycles. The average molecular weight is 226 g/mol. The fourth-order valence-electron chi connectivity index (χ4n) is 2.74. The molecule has 0 saturated carbocycles. The van der Waals surface area contributed by atoms with Crippen LogP contribution in [0.4, 0.5) is 0 Å². The van der Waals surface area contributed by atoms with Gasteiger partial charge in [0.05, 0.1) is 0 Å². The molecule has 84 valence electrons. The molecule has 0 bridgehead atoms. The van der Waals surface area contributed by atoms with Gasteiger partial charge in [0, 0.05) is 6.54 Å². The highest BCUT2D eigenvalue weighted by atomic mass is 35.5. The number of hydrogen-bond donors (Lipinski definition) is 1. The second kappa shape index (κ2) is 5.00. The van der Waals surface area contributed by atoms with Crippen molar-refractivity contribution in [3.8, 4) is 0 Å². The number of hydrogen-bond acceptors (Lipinski definition) is 1. The van der Waals surface area contributed by atoms with Crippen molar-refractivity contribution < 1.29 is 0 Å². The Bertz CT molecular complexity index is 317. The molecule has 1 nitrogen and oxygen atoms in total. The van der Waals surface area contributed by atoms with Crippen LogP contribution in [0.25, 0.3) is 0 Å². The molecule has 2 heteroatoms. The lowest BCUT2D eigenvalue weighted by atomic mass is 9.89. The molecule has 0 aromatic heterocycles. The number of nitrogens with one attached hydrogen (secondary N) is 1. The quantitative estimate of drug-likeness (QED) is 0.775. The van der Waals surface area contributed by atoms with Gasteiger partial charge in [0.2, 0.25) is 0 Å². The zero-order valence-corrected chi connectivity index (χ0v) is 10.6. The van der Waals surface area contributed by atoms with Crippen molar-refractivity contribution >= 4 is 12.4 Å². The van der Waals surface area contributed by atoms with Crippen molar-refractivity contribution in [3.05, 3.63) is 34.4 Å². The molecule has 0 radical (unpaired) electrons. The van der Waals surface area contributed by atoms with E-state index in [0.717, 1.165) is 12.5 Å². The molecule has 0 amide bonds. The first-order valence-electron chi connectivity index (χ1n) is 5.47. The van der Waals surface area contributed by atoms with E-state index >= 15 is 0 Å². The van der Waals surface area contributed by atoms with Gasteiger partial charge >= 0.3 is 0 Å². The Morgan fingerprint density at radius 3 is 2.20 bits per heavy atom. The highest BCUT2D eigenvalue weighted by molar-refractivity contribution is 5.85. The first-order chi connectivity index (χ1) is 6.68. The van der Waals surface area contributed by atoms with Crippen LogP contribution in [0, 0.1) is 20.8 Å². The van der Waals surface area contributed by atoms with Crippen molar-refractivity contribution in [1.29, 1.82) is 0 Å². The molecule has 0 spiro atoms. The molecular weight excluding hydrogens is 206 g/mol. The Kier molecular flexibility index (Phi) is 4.18. The Morgan fingerprint density at radius 1 is 1.13 bits per heavy atom. The van der Waals surface area contributed by atoms with Crippen LogP contribution in [-0.2, 0) is 0 Å². The van der Waals surface area contributed by atoms with E-state index in [1.54, 1.807) is 5.56 Å². The van der Waals surface area contributed by atoms with Crippen LogP contribution < -0.4 is 5.32 Å². The Morgan fingerprint density at radius 2 is 1.73 bits per heavy atom. The minimum absolute atomic E-state index is 0. The van der Waals surface area contributed by atoms with Crippen LogP contribution in [0.3, 0.4) is 0 Å². The lowest BCUT2D eigenvalue weighted by Crippen LogP contribution is -2.10. The molecular formula is C13H20ClN. The van der Waals surface area contributed by atoms with E-state index in [9.17, 15) is 0 Å². The zero-order valence-electron chi connectivity index (χ0n) is 9.76. The SMILES string of the molecule is Cc1cc(C)c(C2CCNC2)c(C)c1.Cl. The van der Waals surface area contributed by atoms with Crippen LogP contribution in [0.2, 0.25) is 0 Å². The van der Waals surface area contributed by atoms with E-state index in [2.05, 4.69) is 38.2 Å². The standard InChI is InChI=1S/C13H19N.ClH/c1-9-6-10(2)13(11(3)7-9)12-4-5-14-8-12;/h6-7,12,14H,4-5,8H2,1-3H3;1H. The van der Waals surface area contributed by atoms with Gasteiger partial charge in [-0.05, 0) is 56.3 Å². The van der Waals surface area contributed by atoms with Crippen LogP contribution in [-0.4, -0.2) is 13.1 Å². The van der Waals surface area contributed by atoms with Gasteiger partial charge in [0.1, 0.15) is 0 Å². The summed E-state index contributed by atoms with van der Waals surface area (Å²) in [7, 11) is 0. The van der Waals surface area contributed by atoms with Gasteiger partial charge in [-0.25, -0.2) is 0 Å². The Balaban J connectivity index is 0.00000112. The van der Waals surface area contributed by atoms with Gasteiger partial charge in [-0.1, -0.05) is 17.7 Å². The van der Waals surface area contributed by atoms with E-state index < -0.39 is 0 Å². The van der Waals surface area contributed by atoms with Crippen LogP contribution >= 0.6 is 12.4 Å². The normalized spacial score (nSPS) is 20.1. The summed E-state index contributed by atoms with van der Waals surface area (Å²) in [6, 6.07) is 4.61. The van der Waals surface area contributed by atoms with Gasteiger partial charge in [0.15, 0.2) is 0 Å². The Hall–Kier alpha value is -0.530. The summed E-state index contributed by atoms with van der Waals surface area (Å²) >= 11 is 0. The van der Waals surface area contributed by atoms with E-state index in [1.807, 2.05) is 0 Å². The summed E-state index contributed by atoms with van der Waals surface area (Å²) < 4.78 is 0. The number of halogens is 1. The summed E-state index contributed by atoms with van der Waals surface area (Å²) in [5.74, 6) is 0.746. The molecule has 1 fully saturated rings. The smallest absolute Gasteiger partial charge is 0.00208 e. The maximum absolute atomic E-state index is 3.44. The lowest BCUT2D eigenvalue weighted by Gasteiger charge is -2.16. The first-order valence-corrected chi connectivity index (χ1v) is 5.47. The predicted octanol–water partition coefficient (Wildman–Crippen LogP) is 3.11. The molecule has 1 unspecified atom stereocenters. The van der Waals surface area contributed by atoms with Gasteiger partial charge in [-0.15, -0.1) is 12.4 Å². The van der Waals surface area contributed by atoms with Crippen LogP contribution in [0.1, 0.15) is 34.6 Å². The van der Waals surface area contributed by atoms with Crippen molar-refractivity contribution in [3.63, 3.8) is 0 Å². The van der Waals surface area contributed by atoms with Crippen molar-refractivity contribution in [2.75, 3.05) is 13.1 Å². The molecule has 1 aromatic carbocycles. The maximum Gasteiger partial charge on any atom is 0.00208 e. The third-order valence-corrected chi connectivity index (χ3v) is 3.21. The predicted molar refractivity (Wildman–Crippen MR) is 68.1 cm³/mol. The minimum Gasteiger partial charge on any atom is -0.316 e. The summed E-state index contributed by atoms with van der Waals surface area (Å²) in [4.78, 5) is 0. The summed E-state index contributed by atoms with van der Waals surface area (Å²) in [6.07, 6.45) is 1.30. The molecule has 1 aliphatic heterocycles. The van der Waals surface area contributed by atoms with Gasteiger partial charge in [-0.2, -0.15) is 0 Å². The van der Waals surface area contributed by atoms with E-state index in [-0.39, 0.29) is 12.4 Å². The van der Waals surface area contributed by atoms with E-state index in [0.29, 0.717) is 0 Å². The number of benzene rings is 1. The molecule has 1 heterocycles. The van der Waals surface area contributed by atoms with Crippen molar-refractivity contribution in [2.24, 2.45) is 0 Å². The summed E-state index contributed by atoms with van der Waals surface area (Å²) in [5, 5.41) is 3.44. The van der Waals surface area contributed by atoms with Gasteiger partial charge in [-0.3, -0.25) is 0 Å². The molecule has 0 aliphatic carbocycles. The zero-order chi connectivity index (χ0) is 10.1. The minimum atomic E-state index is 0. The highest BCUT2D eigenvalue weighted by Gasteiger charge is 2.19. The molecule has 1 aliphatic rings. The molecule has 2 rings (SSSR count). The fourth-order valence-corrected chi connectivity index (χ4v) is 2.74. The third-order valence-electron chi connectivity index (χ3n) is 3.21. The maximum atomic E-state index is 3.44.